The van der Waals surface area contributed by atoms with Crippen molar-refractivity contribution in [1.29, 1.82) is 0 Å². The number of carbonyl (C=O) groups excluding carboxylic acids is 1. The Morgan fingerprint density at radius 3 is 2.90 bits per heavy atom. The summed E-state index contributed by atoms with van der Waals surface area (Å²) < 4.78 is 0. The number of carbonyl (C=O) groups is 1. The zero-order chi connectivity index (χ0) is 12.8. The average Bonchev–Trinajstić information content (AvgIpc) is 2.90. The molecule has 2 rings (SSSR count). The Kier molecular flexibility index (Phi) is 9.55. The molecule has 1 aliphatic rings. The summed E-state index contributed by atoms with van der Waals surface area (Å²) >= 11 is 0. The quantitative estimate of drug-likeness (QED) is 0.876. The summed E-state index contributed by atoms with van der Waals surface area (Å²) in [6, 6.07) is 5.74. The van der Waals surface area contributed by atoms with Gasteiger partial charge in [0.15, 0.2) is 0 Å². The summed E-state index contributed by atoms with van der Waals surface area (Å²) in [5.41, 5.74) is 0.911. The molecule has 114 valence electrons. The molecule has 1 aliphatic heterocycles. The molecule has 2 unspecified atom stereocenters. The summed E-state index contributed by atoms with van der Waals surface area (Å²) in [6.07, 6.45) is 4.54. The van der Waals surface area contributed by atoms with Crippen molar-refractivity contribution in [1.82, 2.24) is 15.6 Å². The zero-order valence-electron chi connectivity index (χ0n) is 11.7. The van der Waals surface area contributed by atoms with E-state index < -0.39 is 0 Å². The molecule has 0 aromatic carbocycles. The number of halogens is 2. The lowest BCUT2D eigenvalue weighted by molar-refractivity contribution is -0.122. The smallest absolute Gasteiger partial charge is 0.220 e. The topological polar surface area (TPSA) is 54.0 Å². The predicted octanol–water partition coefficient (Wildman–Crippen LogP) is 2.49. The normalized spacial score (nSPS) is 18.6. The standard InChI is InChI=1S/C14H21N3O.2ClH/c1-11(13-4-2-3-8-16-13)17-14(18)6-5-12-7-9-15-10-12;;/h2-4,8,11-12,15H,5-7,9-10H2,1H3,(H,17,18);2*1H. The number of pyridine rings is 1. The average molecular weight is 320 g/mol. The van der Waals surface area contributed by atoms with E-state index >= 15 is 0 Å². The highest BCUT2D eigenvalue weighted by molar-refractivity contribution is 5.85. The van der Waals surface area contributed by atoms with Crippen LogP contribution in [0.5, 0.6) is 0 Å². The Morgan fingerprint density at radius 2 is 2.30 bits per heavy atom. The Morgan fingerprint density at radius 1 is 1.50 bits per heavy atom. The summed E-state index contributed by atoms with van der Waals surface area (Å²) in [5.74, 6) is 0.793. The number of aromatic nitrogens is 1. The molecule has 0 spiro atoms. The minimum Gasteiger partial charge on any atom is -0.348 e. The van der Waals surface area contributed by atoms with Crippen LogP contribution in [0.3, 0.4) is 0 Å². The lowest BCUT2D eigenvalue weighted by Gasteiger charge is -2.14. The second-order valence-corrected chi connectivity index (χ2v) is 4.94. The molecule has 20 heavy (non-hydrogen) atoms. The van der Waals surface area contributed by atoms with Crippen molar-refractivity contribution in [3.8, 4) is 0 Å². The van der Waals surface area contributed by atoms with Crippen molar-refractivity contribution in [2.24, 2.45) is 5.92 Å². The van der Waals surface area contributed by atoms with Crippen LogP contribution < -0.4 is 10.6 Å². The van der Waals surface area contributed by atoms with Crippen molar-refractivity contribution in [2.45, 2.75) is 32.2 Å². The Labute approximate surface area is 132 Å². The maximum absolute atomic E-state index is 11.8. The Bertz CT molecular complexity index is 383. The van der Waals surface area contributed by atoms with Crippen LogP contribution in [0.2, 0.25) is 0 Å². The molecule has 6 heteroatoms. The second-order valence-electron chi connectivity index (χ2n) is 4.94. The van der Waals surface area contributed by atoms with Gasteiger partial charge in [0.05, 0.1) is 11.7 Å². The fourth-order valence-corrected chi connectivity index (χ4v) is 2.32. The van der Waals surface area contributed by atoms with Crippen LogP contribution >= 0.6 is 24.8 Å². The van der Waals surface area contributed by atoms with Crippen LogP contribution in [0.4, 0.5) is 0 Å². The highest BCUT2D eigenvalue weighted by atomic mass is 35.5. The molecule has 1 aromatic rings. The van der Waals surface area contributed by atoms with Crippen LogP contribution in [0.1, 0.15) is 37.9 Å². The first-order valence-electron chi connectivity index (χ1n) is 6.66. The number of hydrogen-bond acceptors (Lipinski definition) is 3. The first kappa shape index (κ1) is 19.2. The number of nitrogens with one attached hydrogen (secondary N) is 2. The van der Waals surface area contributed by atoms with Gasteiger partial charge >= 0.3 is 0 Å². The number of hydrogen-bond donors (Lipinski definition) is 2. The van der Waals surface area contributed by atoms with Crippen LogP contribution in [-0.2, 0) is 4.79 Å². The zero-order valence-corrected chi connectivity index (χ0v) is 13.3. The van der Waals surface area contributed by atoms with Gasteiger partial charge in [-0.2, -0.15) is 0 Å². The van der Waals surface area contributed by atoms with Gasteiger partial charge in [-0.05, 0) is 50.9 Å². The molecule has 0 aliphatic carbocycles. The van der Waals surface area contributed by atoms with Gasteiger partial charge in [0.2, 0.25) is 5.91 Å². The highest BCUT2D eigenvalue weighted by Crippen LogP contribution is 2.15. The third kappa shape index (κ3) is 6.07. The van der Waals surface area contributed by atoms with Crippen molar-refractivity contribution in [3.05, 3.63) is 30.1 Å². The third-order valence-corrected chi connectivity index (χ3v) is 3.45. The van der Waals surface area contributed by atoms with Gasteiger partial charge in [0.25, 0.3) is 0 Å². The molecule has 0 bridgehead atoms. The van der Waals surface area contributed by atoms with Gasteiger partial charge in [0, 0.05) is 12.6 Å². The van der Waals surface area contributed by atoms with Gasteiger partial charge < -0.3 is 10.6 Å². The van der Waals surface area contributed by atoms with Gasteiger partial charge in [-0.15, -0.1) is 24.8 Å². The summed E-state index contributed by atoms with van der Waals surface area (Å²) in [7, 11) is 0. The van der Waals surface area contributed by atoms with E-state index in [1.165, 1.54) is 6.42 Å². The van der Waals surface area contributed by atoms with E-state index in [0.717, 1.165) is 25.2 Å². The van der Waals surface area contributed by atoms with Gasteiger partial charge in [0.1, 0.15) is 0 Å². The fourth-order valence-electron chi connectivity index (χ4n) is 2.32. The lowest BCUT2D eigenvalue weighted by atomic mass is 10.0. The maximum Gasteiger partial charge on any atom is 0.220 e. The van der Waals surface area contributed by atoms with Crippen LogP contribution in [0, 0.1) is 5.92 Å². The van der Waals surface area contributed by atoms with Crippen molar-refractivity contribution >= 4 is 30.7 Å². The molecule has 1 saturated heterocycles. The predicted molar refractivity (Wildman–Crippen MR) is 85.5 cm³/mol. The van der Waals surface area contributed by atoms with Crippen LogP contribution in [0.15, 0.2) is 24.4 Å². The van der Waals surface area contributed by atoms with E-state index in [-0.39, 0.29) is 36.8 Å². The van der Waals surface area contributed by atoms with Crippen LogP contribution in [0.25, 0.3) is 0 Å². The molecular formula is C14H23Cl2N3O. The lowest BCUT2D eigenvalue weighted by Crippen LogP contribution is -2.27. The minimum absolute atomic E-state index is 0. The molecule has 2 atom stereocenters. The first-order chi connectivity index (χ1) is 8.75. The monoisotopic (exact) mass is 319 g/mol. The highest BCUT2D eigenvalue weighted by Gasteiger charge is 2.16. The van der Waals surface area contributed by atoms with E-state index in [4.69, 9.17) is 0 Å². The third-order valence-electron chi connectivity index (χ3n) is 3.45. The van der Waals surface area contributed by atoms with E-state index in [9.17, 15) is 4.79 Å². The van der Waals surface area contributed by atoms with E-state index in [0.29, 0.717) is 12.3 Å². The number of rotatable bonds is 5. The Hall–Kier alpha value is -0.840. The molecule has 0 saturated carbocycles. The number of amides is 1. The minimum atomic E-state index is -0.0135. The molecule has 1 fully saturated rings. The van der Waals surface area contributed by atoms with Crippen molar-refractivity contribution < 1.29 is 4.79 Å². The van der Waals surface area contributed by atoms with Gasteiger partial charge in [-0.1, -0.05) is 6.07 Å². The second kappa shape index (κ2) is 9.97. The molecular weight excluding hydrogens is 297 g/mol. The molecule has 2 heterocycles. The van der Waals surface area contributed by atoms with E-state index in [2.05, 4.69) is 15.6 Å². The maximum atomic E-state index is 11.8. The molecule has 4 nitrogen and oxygen atoms in total. The van der Waals surface area contributed by atoms with Crippen molar-refractivity contribution in [3.63, 3.8) is 0 Å². The first-order valence-corrected chi connectivity index (χ1v) is 6.66. The largest absolute Gasteiger partial charge is 0.348 e. The SMILES string of the molecule is CC(NC(=O)CCC1CCNC1)c1ccccn1.Cl.Cl. The van der Waals surface area contributed by atoms with Gasteiger partial charge in [-0.3, -0.25) is 9.78 Å². The molecule has 2 N–H and O–H groups in total. The summed E-state index contributed by atoms with van der Waals surface area (Å²) in [6.45, 7) is 4.12. The Balaban J connectivity index is 0.00000180. The van der Waals surface area contributed by atoms with Gasteiger partial charge in [-0.25, -0.2) is 0 Å². The van der Waals surface area contributed by atoms with E-state index in [1.54, 1.807) is 6.20 Å². The molecule has 1 aromatic heterocycles. The van der Waals surface area contributed by atoms with Crippen molar-refractivity contribution in [2.75, 3.05) is 13.1 Å². The summed E-state index contributed by atoms with van der Waals surface area (Å²) in [5, 5.41) is 6.32. The fraction of sp³-hybridized carbons (Fsp3) is 0.571. The van der Waals surface area contributed by atoms with Crippen LogP contribution in [-0.4, -0.2) is 24.0 Å². The van der Waals surface area contributed by atoms with E-state index in [1.807, 2.05) is 25.1 Å². The number of nitrogens with zero attached hydrogens (tertiary/aromatic N) is 1. The molecule has 1 amide bonds. The molecule has 0 radical (unpaired) electrons. The summed E-state index contributed by atoms with van der Waals surface area (Å²) in [4.78, 5) is 16.1.